The topological polar surface area (TPSA) is 174 Å². The van der Waals surface area contributed by atoms with Gasteiger partial charge in [-0.3, -0.25) is 19.2 Å². The van der Waals surface area contributed by atoms with Gasteiger partial charge < -0.3 is 29.9 Å². The van der Waals surface area contributed by atoms with Gasteiger partial charge in [-0.15, -0.1) is 0 Å². The summed E-state index contributed by atoms with van der Waals surface area (Å²) in [5.74, 6) is -9.53. The molecular weight excluding hydrogens is 364 g/mol. The molecule has 2 aliphatic rings. The Morgan fingerprint density at radius 1 is 0.926 bits per heavy atom. The molecule has 0 radical (unpaired) electrons. The lowest BCUT2D eigenvalue weighted by Gasteiger charge is -2.41. The maximum absolute atomic E-state index is 12.1. The van der Waals surface area contributed by atoms with Crippen LogP contribution >= 0.6 is 0 Å². The zero-order valence-corrected chi connectivity index (χ0v) is 14.8. The minimum absolute atomic E-state index is 0.119. The van der Waals surface area contributed by atoms with Gasteiger partial charge in [0.2, 0.25) is 0 Å². The second kappa shape index (κ2) is 7.28. The van der Waals surface area contributed by atoms with Crippen molar-refractivity contribution in [3.63, 3.8) is 0 Å². The molecule has 27 heavy (non-hydrogen) atoms. The highest BCUT2D eigenvalue weighted by Crippen LogP contribution is 2.53. The molecule has 0 amide bonds. The Morgan fingerprint density at radius 3 is 1.59 bits per heavy atom. The van der Waals surface area contributed by atoms with Gasteiger partial charge >= 0.3 is 23.9 Å². The van der Waals surface area contributed by atoms with E-state index in [2.05, 4.69) is 0 Å². The molecule has 2 aliphatic heterocycles. The first-order chi connectivity index (χ1) is 12.6. The molecular formula is C17H22O10. The lowest BCUT2D eigenvalue weighted by molar-refractivity contribution is -0.186. The van der Waals surface area contributed by atoms with E-state index < -0.39 is 58.8 Å². The Bertz CT molecular complexity index is 645. The van der Waals surface area contributed by atoms with Gasteiger partial charge in [0.1, 0.15) is 12.2 Å². The Morgan fingerprint density at radius 2 is 1.30 bits per heavy atom. The molecule has 0 aromatic carbocycles. The summed E-state index contributed by atoms with van der Waals surface area (Å²) in [5.41, 5.74) is -4.96. The van der Waals surface area contributed by atoms with E-state index in [1.54, 1.807) is 13.0 Å². The summed E-state index contributed by atoms with van der Waals surface area (Å²) >= 11 is 0. The third kappa shape index (κ3) is 3.08. The molecule has 150 valence electrons. The van der Waals surface area contributed by atoms with Crippen LogP contribution in [0.2, 0.25) is 0 Å². The zero-order chi connectivity index (χ0) is 20.6. The smallest absolute Gasteiger partial charge is 0.324 e. The van der Waals surface area contributed by atoms with Crippen molar-refractivity contribution in [1.29, 1.82) is 0 Å². The minimum atomic E-state index is -2.48. The molecule has 0 aromatic heterocycles. The Hall–Kier alpha value is -2.46. The van der Waals surface area contributed by atoms with E-state index in [1.807, 2.05) is 0 Å². The van der Waals surface area contributed by atoms with Gasteiger partial charge in [-0.25, -0.2) is 0 Å². The quantitative estimate of drug-likeness (QED) is 0.220. The van der Waals surface area contributed by atoms with E-state index in [9.17, 15) is 39.6 Å². The van der Waals surface area contributed by atoms with Crippen molar-refractivity contribution in [2.24, 2.45) is 22.7 Å². The van der Waals surface area contributed by atoms with Crippen LogP contribution in [0.3, 0.4) is 0 Å². The van der Waals surface area contributed by atoms with Crippen molar-refractivity contribution < 1.29 is 49.1 Å². The van der Waals surface area contributed by atoms with Crippen LogP contribution in [0.5, 0.6) is 0 Å². The Labute approximate surface area is 154 Å². The maximum atomic E-state index is 12.1. The number of carboxylic acids is 4. The first-order valence-corrected chi connectivity index (χ1v) is 8.37. The fraction of sp³-hybridized carbons (Fsp3) is 0.647. The van der Waals surface area contributed by atoms with Gasteiger partial charge in [-0.1, -0.05) is 19.1 Å². The zero-order valence-electron chi connectivity index (χ0n) is 14.8. The van der Waals surface area contributed by atoms with Gasteiger partial charge in [-0.05, 0) is 25.2 Å². The largest absolute Gasteiger partial charge is 0.480 e. The summed E-state index contributed by atoms with van der Waals surface area (Å²) in [6.07, 6.45) is 0.553. The number of carboxylic acid groups (broad SMARTS) is 4. The number of rotatable bonds is 11. The summed E-state index contributed by atoms with van der Waals surface area (Å²) in [5, 5.41) is 39.1. The highest BCUT2D eigenvalue weighted by Gasteiger charge is 2.71. The van der Waals surface area contributed by atoms with Crippen molar-refractivity contribution in [1.82, 2.24) is 0 Å². The predicted octanol–water partition coefficient (Wildman–Crippen LogP) is 0.314. The third-order valence-corrected chi connectivity index (χ3v) is 5.63. The number of carbonyl (C=O) groups is 4. The SMILES string of the molecule is CC=CCC(C(C)C(C(=O)O)(C(=O)O)C1CO1)C(C(=O)O)(C(=O)O)C1CO1. The lowest BCUT2D eigenvalue weighted by Crippen LogP contribution is -2.59. The molecule has 2 fully saturated rings. The second-order valence-corrected chi connectivity index (χ2v) is 6.80. The van der Waals surface area contributed by atoms with Crippen LogP contribution in [0.4, 0.5) is 0 Å². The van der Waals surface area contributed by atoms with E-state index >= 15 is 0 Å². The summed E-state index contributed by atoms with van der Waals surface area (Å²) < 4.78 is 9.98. The first-order valence-electron chi connectivity index (χ1n) is 8.37. The van der Waals surface area contributed by atoms with E-state index in [4.69, 9.17) is 9.47 Å². The number of epoxide rings is 2. The van der Waals surface area contributed by atoms with E-state index in [1.165, 1.54) is 13.0 Å². The van der Waals surface area contributed by atoms with Crippen LogP contribution in [-0.2, 0) is 28.7 Å². The molecule has 2 heterocycles. The average Bonchev–Trinajstić information content (AvgIpc) is 3.43. The molecule has 10 heteroatoms. The van der Waals surface area contributed by atoms with Crippen molar-refractivity contribution in [3.05, 3.63) is 12.2 Å². The van der Waals surface area contributed by atoms with Gasteiger partial charge in [0.15, 0.2) is 10.8 Å². The number of allylic oxidation sites excluding steroid dienone is 2. The first kappa shape index (κ1) is 20.8. The molecule has 0 spiro atoms. The molecule has 2 saturated heterocycles. The van der Waals surface area contributed by atoms with Crippen molar-refractivity contribution in [2.75, 3.05) is 13.2 Å². The average molecular weight is 386 g/mol. The molecule has 4 atom stereocenters. The molecule has 0 saturated carbocycles. The highest BCUT2D eigenvalue weighted by atomic mass is 16.6. The normalized spacial score (nSPS) is 24.2. The van der Waals surface area contributed by atoms with Crippen molar-refractivity contribution in [2.45, 2.75) is 32.5 Å². The van der Waals surface area contributed by atoms with E-state index in [0.717, 1.165) is 0 Å². The van der Waals surface area contributed by atoms with E-state index in [0.29, 0.717) is 0 Å². The minimum Gasteiger partial charge on any atom is -0.480 e. The molecule has 10 nitrogen and oxygen atoms in total. The molecule has 4 N–H and O–H groups in total. The fourth-order valence-electron chi connectivity index (χ4n) is 3.98. The van der Waals surface area contributed by atoms with Crippen molar-refractivity contribution >= 4 is 23.9 Å². The Balaban J connectivity index is 2.66. The third-order valence-electron chi connectivity index (χ3n) is 5.63. The van der Waals surface area contributed by atoms with Gasteiger partial charge in [0.05, 0.1) is 13.2 Å². The summed E-state index contributed by atoms with van der Waals surface area (Å²) in [6.45, 7) is 2.64. The van der Waals surface area contributed by atoms with Crippen LogP contribution in [-0.4, -0.2) is 69.7 Å². The van der Waals surface area contributed by atoms with Crippen LogP contribution in [0.1, 0.15) is 20.3 Å². The lowest BCUT2D eigenvalue weighted by atomic mass is 9.58. The molecule has 0 aromatic rings. The molecule has 4 unspecified atom stereocenters. The molecule has 2 rings (SSSR count). The highest BCUT2D eigenvalue weighted by molar-refractivity contribution is 6.02. The fourth-order valence-corrected chi connectivity index (χ4v) is 3.98. The Kier molecular flexibility index (Phi) is 5.62. The summed E-state index contributed by atoms with van der Waals surface area (Å²) in [7, 11) is 0. The van der Waals surface area contributed by atoms with Crippen LogP contribution in [0.25, 0.3) is 0 Å². The molecule has 0 aliphatic carbocycles. The standard InChI is InChI=1S/C17H22O10/c1-3-4-5-9(17(14(22)23,15(24)25)11-7-27-11)8(2)16(12(18)19,13(20)21)10-6-26-10/h3-4,8-11H,5-7H2,1-2H3,(H,18,19)(H,20,21)(H,22,23)(H,24,25). The van der Waals surface area contributed by atoms with Gasteiger partial charge in [-0.2, -0.15) is 0 Å². The number of hydrogen-bond acceptors (Lipinski definition) is 6. The van der Waals surface area contributed by atoms with Crippen LogP contribution < -0.4 is 0 Å². The van der Waals surface area contributed by atoms with Gasteiger partial charge in [0, 0.05) is 0 Å². The maximum Gasteiger partial charge on any atom is 0.324 e. The second-order valence-electron chi connectivity index (χ2n) is 6.80. The van der Waals surface area contributed by atoms with Crippen LogP contribution in [0.15, 0.2) is 12.2 Å². The van der Waals surface area contributed by atoms with Gasteiger partial charge in [0.25, 0.3) is 0 Å². The number of aliphatic carboxylic acids is 4. The van der Waals surface area contributed by atoms with Crippen LogP contribution in [0, 0.1) is 22.7 Å². The monoisotopic (exact) mass is 386 g/mol. The van der Waals surface area contributed by atoms with Crippen molar-refractivity contribution in [3.8, 4) is 0 Å². The predicted molar refractivity (Wildman–Crippen MR) is 87.0 cm³/mol. The molecule has 0 bridgehead atoms. The van der Waals surface area contributed by atoms with E-state index in [-0.39, 0.29) is 19.6 Å². The number of ether oxygens (including phenoxy) is 2. The number of hydrogen-bond donors (Lipinski definition) is 4. The summed E-state index contributed by atoms with van der Waals surface area (Å²) in [6, 6.07) is 0. The summed E-state index contributed by atoms with van der Waals surface area (Å²) in [4.78, 5) is 48.2.